The lowest BCUT2D eigenvalue weighted by atomic mass is 9.90. The van der Waals surface area contributed by atoms with Crippen LogP contribution >= 0.6 is 0 Å². The second-order valence-corrected chi connectivity index (χ2v) is 6.70. The monoisotopic (exact) mass is 282 g/mol. The molecule has 1 heterocycles. The van der Waals surface area contributed by atoms with Crippen molar-refractivity contribution in [3.8, 4) is 0 Å². The Kier molecular flexibility index (Phi) is 7.32. The summed E-state index contributed by atoms with van der Waals surface area (Å²) in [6.45, 7) is 10.4. The van der Waals surface area contributed by atoms with Crippen LogP contribution in [0.5, 0.6) is 0 Å². The molecule has 1 aliphatic heterocycles. The van der Waals surface area contributed by atoms with Gasteiger partial charge in [0.25, 0.3) is 0 Å². The Labute approximate surface area is 125 Å². The van der Waals surface area contributed by atoms with Gasteiger partial charge in [-0.1, -0.05) is 19.8 Å². The number of piperidine rings is 1. The molecular weight excluding hydrogens is 248 g/mol. The number of hydrogen-bond acceptors (Lipinski definition) is 3. The summed E-state index contributed by atoms with van der Waals surface area (Å²) in [5.41, 5.74) is 0. The highest BCUT2D eigenvalue weighted by Gasteiger charge is 2.23. The first-order chi connectivity index (χ1) is 9.79. The summed E-state index contributed by atoms with van der Waals surface area (Å²) in [6.07, 6.45) is 9.86. The van der Waals surface area contributed by atoms with Crippen molar-refractivity contribution >= 4 is 0 Å². The van der Waals surface area contributed by atoms with E-state index in [4.69, 9.17) is 4.74 Å². The summed E-state index contributed by atoms with van der Waals surface area (Å²) < 4.78 is 5.92. The van der Waals surface area contributed by atoms with Gasteiger partial charge < -0.3 is 15.0 Å². The maximum atomic E-state index is 5.92. The van der Waals surface area contributed by atoms with Crippen molar-refractivity contribution in [3.63, 3.8) is 0 Å². The molecule has 0 radical (unpaired) electrons. The molecule has 2 aliphatic rings. The summed E-state index contributed by atoms with van der Waals surface area (Å²) >= 11 is 0. The van der Waals surface area contributed by atoms with Gasteiger partial charge in [-0.3, -0.25) is 0 Å². The Hall–Kier alpha value is -0.120. The minimum absolute atomic E-state index is 0.560. The van der Waals surface area contributed by atoms with Crippen molar-refractivity contribution in [3.05, 3.63) is 0 Å². The van der Waals surface area contributed by atoms with Crippen molar-refractivity contribution in [2.45, 2.75) is 70.9 Å². The Balaban J connectivity index is 1.52. The first-order valence-corrected chi connectivity index (χ1v) is 8.87. The van der Waals surface area contributed by atoms with Crippen LogP contribution in [0.2, 0.25) is 0 Å². The summed E-state index contributed by atoms with van der Waals surface area (Å²) in [7, 11) is 0. The van der Waals surface area contributed by atoms with Gasteiger partial charge in [0.2, 0.25) is 0 Å². The molecule has 1 atom stereocenters. The third-order valence-electron chi connectivity index (χ3n) is 5.10. The second kappa shape index (κ2) is 9.01. The first kappa shape index (κ1) is 16.3. The molecule has 1 unspecified atom stereocenters. The normalized spacial score (nSPS) is 24.3. The minimum atomic E-state index is 0.560. The van der Waals surface area contributed by atoms with Gasteiger partial charge in [-0.05, 0) is 64.6 Å². The van der Waals surface area contributed by atoms with Crippen molar-refractivity contribution in [1.29, 1.82) is 0 Å². The smallest absolute Gasteiger partial charge is 0.0594 e. The molecule has 1 N–H and O–H groups in total. The standard InChI is InChI=1S/C17H34N2O/c1-3-11-19-12-8-16(9-13-19)15(2)18-10-14-20-17-6-4-5-7-17/h15-18H,3-14H2,1-2H3. The minimum Gasteiger partial charge on any atom is -0.377 e. The zero-order chi connectivity index (χ0) is 14.2. The summed E-state index contributed by atoms with van der Waals surface area (Å²) in [6, 6.07) is 0.644. The number of nitrogens with zero attached hydrogens (tertiary/aromatic N) is 1. The molecule has 20 heavy (non-hydrogen) atoms. The van der Waals surface area contributed by atoms with Gasteiger partial charge in [-0.2, -0.15) is 0 Å². The Bertz CT molecular complexity index is 245. The van der Waals surface area contributed by atoms with E-state index in [0.717, 1.165) is 19.1 Å². The lowest BCUT2D eigenvalue weighted by Gasteiger charge is -2.35. The highest BCUT2D eigenvalue weighted by molar-refractivity contribution is 4.79. The Morgan fingerprint density at radius 1 is 1.15 bits per heavy atom. The van der Waals surface area contributed by atoms with Crippen molar-refractivity contribution in [2.24, 2.45) is 5.92 Å². The van der Waals surface area contributed by atoms with Gasteiger partial charge in [0.15, 0.2) is 0 Å². The van der Waals surface area contributed by atoms with E-state index in [0.29, 0.717) is 12.1 Å². The highest BCUT2D eigenvalue weighted by Crippen LogP contribution is 2.21. The van der Waals surface area contributed by atoms with Crippen LogP contribution in [0.3, 0.4) is 0 Å². The molecule has 0 aromatic rings. The van der Waals surface area contributed by atoms with Crippen LogP contribution in [0, 0.1) is 5.92 Å². The molecule has 118 valence electrons. The van der Waals surface area contributed by atoms with E-state index in [9.17, 15) is 0 Å². The van der Waals surface area contributed by atoms with Crippen LogP contribution in [0.1, 0.15) is 58.8 Å². The maximum absolute atomic E-state index is 5.92. The molecule has 1 saturated heterocycles. The molecule has 0 amide bonds. The average molecular weight is 282 g/mol. The lowest BCUT2D eigenvalue weighted by Crippen LogP contribution is -2.43. The van der Waals surface area contributed by atoms with Crippen molar-refractivity contribution in [1.82, 2.24) is 10.2 Å². The highest BCUT2D eigenvalue weighted by atomic mass is 16.5. The third-order valence-corrected chi connectivity index (χ3v) is 5.10. The van der Waals surface area contributed by atoms with Gasteiger partial charge in [-0.25, -0.2) is 0 Å². The van der Waals surface area contributed by atoms with Crippen LogP contribution in [-0.4, -0.2) is 49.8 Å². The number of hydrogen-bond donors (Lipinski definition) is 1. The van der Waals surface area contributed by atoms with Gasteiger partial charge in [0.1, 0.15) is 0 Å². The van der Waals surface area contributed by atoms with Crippen molar-refractivity contribution in [2.75, 3.05) is 32.8 Å². The number of likely N-dealkylation sites (tertiary alicyclic amines) is 1. The van der Waals surface area contributed by atoms with Crippen molar-refractivity contribution < 1.29 is 4.74 Å². The fourth-order valence-electron chi connectivity index (χ4n) is 3.73. The number of ether oxygens (including phenoxy) is 1. The van der Waals surface area contributed by atoms with E-state index >= 15 is 0 Å². The zero-order valence-electron chi connectivity index (χ0n) is 13.6. The lowest BCUT2D eigenvalue weighted by molar-refractivity contribution is 0.0572. The molecular formula is C17H34N2O. The van der Waals surface area contributed by atoms with Crippen LogP contribution in [0.4, 0.5) is 0 Å². The molecule has 0 aromatic carbocycles. The molecule has 1 aliphatic carbocycles. The zero-order valence-corrected chi connectivity index (χ0v) is 13.6. The van der Waals surface area contributed by atoms with E-state index in [2.05, 4.69) is 24.1 Å². The molecule has 3 nitrogen and oxygen atoms in total. The first-order valence-electron chi connectivity index (χ1n) is 8.87. The molecule has 2 rings (SSSR count). The van der Waals surface area contributed by atoms with Gasteiger partial charge in [-0.15, -0.1) is 0 Å². The van der Waals surface area contributed by atoms with Crippen LogP contribution in [0.25, 0.3) is 0 Å². The second-order valence-electron chi connectivity index (χ2n) is 6.70. The maximum Gasteiger partial charge on any atom is 0.0594 e. The largest absolute Gasteiger partial charge is 0.377 e. The molecule has 2 fully saturated rings. The van der Waals surface area contributed by atoms with Gasteiger partial charge in [0.05, 0.1) is 12.7 Å². The molecule has 3 heteroatoms. The van der Waals surface area contributed by atoms with E-state index in [1.807, 2.05) is 0 Å². The Morgan fingerprint density at radius 3 is 2.50 bits per heavy atom. The van der Waals surface area contributed by atoms with Crippen LogP contribution in [-0.2, 0) is 4.74 Å². The predicted octanol–water partition coefficient (Wildman–Crippen LogP) is 3.05. The fraction of sp³-hybridized carbons (Fsp3) is 1.00. The van der Waals surface area contributed by atoms with E-state index in [-0.39, 0.29) is 0 Å². The van der Waals surface area contributed by atoms with Gasteiger partial charge >= 0.3 is 0 Å². The van der Waals surface area contributed by atoms with Crippen LogP contribution in [0.15, 0.2) is 0 Å². The summed E-state index contributed by atoms with van der Waals surface area (Å²) in [5, 5.41) is 3.68. The number of rotatable bonds is 8. The predicted molar refractivity (Wildman–Crippen MR) is 85.1 cm³/mol. The summed E-state index contributed by atoms with van der Waals surface area (Å²) in [5.74, 6) is 0.856. The van der Waals surface area contributed by atoms with E-state index in [1.54, 1.807) is 0 Å². The Morgan fingerprint density at radius 2 is 1.85 bits per heavy atom. The summed E-state index contributed by atoms with van der Waals surface area (Å²) in [4.78, 5) is 2.62. The van der Waals surface area contributed by atoms with Gasteiger partial charge in [0, 0.05) is 12.6 Å². The molecule has 0 bridgehead atoms. The van der Waals surface area contributed by atoms with Crippen LogP contribution < -0.4 is 5.32 Å². The van der Waals surface area contributed by atoms with E-state index in [1.165, 1.54) is 64.6 Å². The fourth-order valence-corrected chi connectivity index (χ4v) is 3.73. The molecule has 1 saturated carbocycles. The topological polar surface area (TPSA) is 24.5 Å². The SMILES string of the molecule is CCCN1CCC(C(C)NCCOC2CCCC2)CC1. The molecule has 0 aromatic heterocycles. The van der Waals surface area contributed by atoms with E-state index < -0.39 is 0 Å². The number of nitrogens with one attached hydrogen (secondary N) is 1. The third kappa shape index (κ3) is 5.34. The average Bonchev–Trinajstić information content (AvgIpc) is 2.98. The quantitative estimate of drug-likeness (QED) is 0.693. The molecule has 0 spiro atoms.